The van der Waals surface area contributed by atoms with Crippen LogP contribution in [-0.2, 0) is 0 Å². The average molecular weight is 533 g/mol. The monoisotopic (exact) mass is 532 g/mol. The number of nitrogens with zero attached hydrogens (tertiary/aromatic N) is 10. The smallest absolute Gasteiger partial charge is 0.161 e. The van der Waals surface area contributed by atoms with E-state index in [9.17, 15) is 14.9 Å². The topological polar surface area (TPSA) is 115 Å². The molecule has 0 saturated carbocycles. The summed E-state index contributed by atoms with van der Waals surface area (Å²) in [6.45, 7) is 5.28. The zero-order valence-electron chi connectivity index (χ0n) is 22.2. The van der Waals surface area contributed by atoms with Gasteiger partial charge < -0.3 is 9.80 Å². The molecule has 10 nitrogen and oxygen atoms in total. The fourth-order valence-electron chi connectivity index (χ4n) is 5.01. The van der Waals surface area contributed by atoms with Crippen LogP contribution in [0.25, 0.3) is 22.5 Å². The van der Waals surface area contributed by atoms with E-state index in [0.717, 1.165) is 34.4 Å². The third-order valence-electron chi connectivity index (χ3n) is 7.47. The molecule has 0 bridgehead atoms. The van der Waals surface area contributed by atoms with Crippen molar-refractivity contribution in [2.75, 3.05) is 29.9 Å². The summed E-state index contributed by atoms with van der Waals surface area (Å²) in [5.74, 6) is 0.884. The second-order valence-electron chi connectivity index (χ2n) is 10.3. The molecule has 1 saturated heterocycles. The minimum absolute atomic E-state index is 0.0369. The average Bonchev–Trinajstić information content (AvgIpc) is 3.60. The summed E-state index contributed by atoms with van der Waals surface area (Å²) in [5, 5.41) is 27.5. The van der Waals surface area contributed by atoms with Crippen molar-refractivity contribution in [1.29, 1.82) is 10.5 Å². The van der Waals surface area contributed by atoms with E-state index in [2.05, 4.69) is 39.1 Å². The first-order valence-corrected chi connectivity index (χ1v) is 12.7. The highest BCUT2D eigenvalue weighted by Crippen LogP contribution is 2.37. The molecule has 198 valence electrons. The summed E-state index contributed by atoms with van der Waals surface area (Å²) < 4.78 is 16.4. The Morgan fingerprint density at radius 1 is 1.02 bits per heavy atom. The Labute approximate surface area is 230 Å². The number of halogens is 1. The van der Waals surface area contributed by atoms with Gasteiger partial charge in [0.1, 0.15) is 11.9 Å². The third kappa shape index (κ3) is 4.28. The van der Waals surface area contributed by atoms with Gasteiger partial charge in [-0.15, -0.1) is 0 Å². The van der Waals surface area contributed by atoms with Gasteiger partial charge in [0.15, 0.2) is 11.6 Å². The van der Waals surface area contributed by atoms with Crippen LogP contribution in [0.3, 0.4) is 0 Å². The van der Waals surface area contributed by atoms with E-state index in [0.29, 0.717) is 30.0 Å². The number of hydrogen-bond acceptors (Lipinski definition) is 8. The lowest BCUT2D eigenvalue weighted by Gasteiger charge is -2.45. The van der Waals surface area contributed by atoms with Gasteiger partial charge in [0.2, 0.25) is 0 Å². The molecule has 0 amide bonds. The maximum atomic E-state index is 13.3. The molecule has 1 fully saturated rings. The van der Waals surface area contributed by atoms with Crippen LogP contribution < -0.4 is 9.80 Å². The van der Waals surface area contributed by atoms with Gasteiger partial charge in [0.05, 0.1) is 59.1 Å². The lowest BCUT2D eigenvalue weighted by atomic mass is 9.83. The SMILES string of the molecule is CC(c1ccc(-n2cc(F)cn2)nc1)N(C)c1ccc(-c2cc(N3CC(C)(C#N)C3)cn3ncc(C#N)c23)cn1. The second kappa shape index (κ2) is 9.47. The molecular weight excluding hydrogens is 507 g/mol. The van der Waals surface area contributed by atoms with Crippen LogP contribution >= 0.6 is 0 Å². The normalized spacial score (nSPS) is 14.8. The molecule has 0 aromatic carbocycles. The molecular formula is C29H25FN10. The lowest BCUT2D eigenvalue weighted by molar-refractivity contribution is 0.336. The highest BCUT2D eigenvalue weighted by atomic mass is 19.1. The van der Waals surface area contributed by atoms with Gasteiger partial charge in [0, 0.05) is 43.7 Å². The summed E-state index contributed by atoms with van der Waals surface area (Å²) in [7, 11) is 1.96. The number of pyridine rings is 3. The van der Waals surface area contributed by atoms with E-state index in [1.807, 2.05) is 49.3 Å². The van der Waals surface area contributed by atoms with Crippen LogP contribution in [-0.4, -0.2) is 49.5 Å². The lowest BCUT2D eigenvalue weighted by Crippen LogP contribution is -2.54. The number of rotatable bonds is 6. The molecule has 6 rings (SSSR count). The van der Waals surface area contributed by atoms with Crippen molar-refractivity contribution in [2.24, 2.45) is 5.41 Å². The Morgan fingerprint density at radius 3 is 2.48 bits per heavy atom. The highest BCUT2D eigenvalue weighted by molar-refractivity contribution is 5.86. The van der Waals surface area contributed by atoms with Crippen molar-refractivity contribution >= 4 is 17.0 Å². The van der Waals surface area contributed by atoms with Gasteiger partial charge in [-0.1, -0.05) is 6.07 Å². The first kappa shape index (κ1) is 25.0. The van der Waals surface area contributed by atoms with Crippen molar-refractivity contribution in [3.63, 3.8) is 0 Å². The van der Waals surface area contributed by atoms with Gasteiger partial charge in [-0.2, -0.15) is 20.7 Å². The Bertz CT molecular complexity index is 1780. The summed E-state index contributed by atoms with van der Waals surface area (Å²) in [4.78, 5) is 13.4. The Balaban J connectivity index is 1.27. The van der Waals surface area contributed by atoms with Crippen LogP contribution in [0, 0.1) is 33.9 Å². The molecule has 0 aliphatic carbocycles. The molecule has 1 atom stereocenters. The van der Waals surface area contributed by atoms with Crippen molar-refractivity contribution in [2.45, 2.75) is 19.9 Å². The zero-order valence-corrected chi connectivity index (χ0v) is 22.2. The van der Waals surface area contributed by atoms with E-state index >= 15 is 0 Å². The van der Waals surface area contributed by atoms with Crippen LogP contribution in [0.15, 0.2) is 67.5 Å². The maximum Gasteiger partial charge on any atom is 0.161 e. The van der Waals surface area contributed by atoms with Gasteiger partial charge in [0.25, 0.3) is 0 Å². The molecule has 1 aliphatic heterocycles. The molecule has 5 aromatic heterocycles. The van der Waals surface area contributed by atoms with Crippen molar-refractivity contribution in [3.8, 4) is 29.1 Å². The van der Waals surface area contributed by atoms with Gasteiger partial charge in [-0.3, -0.25) is 0 Å². The fraction of sp³-hybridized carbons (Fsp3) is 0.241. The predicted molar refractivity (Wildman–Crippen MR) is 147 cm³/mol. The standard InChI is InChI=1S/C29H25FN10/c1-19(20-4-7-27(34-10-20)39-14-23(30)13-36-39)37(3)26-6-5-21(11-33-26)25-8-24(38-17-29(2,16-32)18-38)15-40-28(25)22(9-31)12-35-40/h4-8,10-15,19H,17-18H2,1-3H3. The van der Waals surface area contributed by atoms with Crippen molar-refractivity contribution < 1.29 is 4.39 Å². The quantitative estimate of drug-likeness (QED) is 0.313. The van der Waals surface area contributed by atoms with Gasteiger partial charge >= 0.3 is 0 Å². The molecule has 5 aromatic rings. The maximum absolute atomic E-state index is 13.3. The minimum Gasteiger partial charge on any atom is -0.367 e. The molecule has 1 unspecified atom stereocenters. The second-order valence-corrected chi connectivity index (χ2v) is 10.3. The number of hydrogen-bond donors (Lipinski definition) is 0. The van der Waals surface area contributed by atoms with Crippen LogP contribution in [0.2, 0.25) is 0 Å². The van der Waals surface area contributed by atoms with E-state index < -0.39 is 5.82 Å². The number of fused-ring (bicyclic) bond motifs is 1. The van der Waals surface area contributed by atoms with Gasteiger partial charge in [-0.05, 0) is 43.7 Å². The number of nitriles is 2. The molecule has 0 N–H and O–H groups in total. The van der Waals surface area contributed by atoms with Gasteiger partial charge in [-0.25, -0.2) is 23.6 Å². The summed E-state index contributed by atoms with van der Waals surface area (Å²) >= 11 is 0. The first-order valence-electron chi connectivity index (χ1n) is 12.7. The van der Waals surface area contributed by atoms with Crippen LogP contribution in [0.1, 0.15) is 31.0 Å². The summed E-state index contributed by atoms with van der Waals surface area (Å²) in [6.07, 6.45) is 9.44. The molecule has 11 heteroatoms. The van der Waals surface area contributed by atoms with Crippen molar-refractivity contribution in [1.82, 2.24) is 29.4 Å². The van der Waals surface area contributed by atoms with Crippen molar-refractivity contribution in [3.05, 3.63) is 84.5 Å². The Morgan fingerprint density at radius 2 is 1.85 bits per heavy atom. The van der Waals surface area contributed by atoms with E-state index in [1.54, 1.807) is 29.2 Å². The fourth-order valence-corrected chi connectivity index (χ4v) is 5.01. The van der Waals surface area contributed by atoms with Crippen LogP contribution in [0.5, 0.6) is 0 Å². The third-order valence-corrected chi connectivity index (χ3v) is 7.47. The largest absolute Gasteiger partial charge is 0.367 e. The molecule has 1 aliphatic rings. The molecule has 0 spiro atoms. The molecule has 6 heterocycles. The minimum atomic E-state index is -0.416. The van der Waals surface area contributed by atoms with E-state index in [1.165, 1.54) is 10.9 Å². The summed E-state index contributed by atoms with van der Waals surface area (Å²) in [5.41, 5.74) is 4.44. The number of aromatic nitrogens is 6. The van der Waals surface area contributed by atoms with Crippen LogP contribution in [0.4, 0.5) is 15.9 Å². The Hall–Kier alpha value is -5.29. The molecule has 0 radical (unpaired) electrons. The van der Waals surface area contributed by atoms with E-state index in [4.69, 9.17) is 4.98 Å². The zero-order chi connectivity index (χ0) is 28.0. The van der Waals surface area contributed by atoms with E-state index in [-0.39, 0.29) is 11.5 Å². The molecule has 40 heavy (non-hydrogen) atoms. The first-order chi connectivity index (χ1) is 19.3. The Kier molecular flexibility index (Phi) is 5.92. The predicted octanol–water partition coefficient (Wildman–Crippen LogP) is 4.54. The highest BCUT2D eigenvalue weighted by Gasteiger charge is 2.39. The number of anilines is 2. The summed E-state index contributed by atoms with van der Waals surface area (Å²) in [6, 6.07) is 14.3.